The summed E-state index contributed by atoms with van der Waals surface area (Å²) in [5.74, 6) is 0.362. The Hall–Kier alpha value is -1.46. The van der Waals surface area contributed by atoms with Gasteiger partial charge >= 0.3 is 0 Å². The Kier molecular flexibility index (Phi) is 6.58. The van der Waals surface area contributed by atoms with Crippen LogP contribution in [-0.2, 0) is 5.41 Å². The fourth-order valence-corrected chi connectivity index (χ4v) is 5.40. The quantitative estimate of drug-likeness (QED) is 0.378. The minimum Gasteiger partial charge on any atom is -0.508 e. The molecule has 0 saturated carbocycles. The predicted octanol–water partition coefficient (Wildman–Crippen LogP) is 5.77. The monoisotopic (exact) mass is 376 g/mol. The van der Waals surface area contributed by atoms with Gasteiger partial charge in [0.15, 0.2) is 0 Å². The van der Waals surface area contributed by atoms with Crippen LogP contribution in [0.5, 0.6) is 5.75 Å². The maximum Gasteiger partial charge on any atom is 0.118 e. The molecule has 0 aliphatic heterocycles. The van der Waals surface area contributed by atoms with Gasteiger partial charge in [0.2, 0.25) is 0 Å². The molecule has 2 aromatic rings. The molecular formula is C20H28N2OS2. The van der Waals surface area contributed by atoms with E-state index in [0.717, 1.165) is 18.4 Å². The topological polar surface area (TPSA) is 35.8 Å². The van der Waals surface area contributed by atoms with Gasteiger partial charge in [-0.2, -0.15) is 0 Å². The number of hydrogen-bond acceptors (Lipinski definition) is 4. The van der Waals surface area contributed by atoms with Gasteiger partial charge in [0.05, 0.1) is 10.5 Å². The Morgan fingerprint density at radius 1 is 1.16 bits per heavy atom. The molecule has 0 atom stereocenters. The Morgan fingerprint density at radius 2 is 1.84 bits per heavy atom. The summed E-state index contributed by atoms with van der Waals surface area (Å²) >= 11 is 3.38. The van der Waals surface area contributed by atoms with Crippen LogP contribution >= 0.6 is 23.3 Å². The summed E-state index contributed by atoms with van der Waals surface area (Å²) < 4.78 is 5.69. The van der Waals surface area contributed by atoms with Gasteiger partial charge in [-0.3, -0.25) is 0 Å². The third-order valence-corrected chi connectivity index (χ3v) is 7.11. The highest BCUT2D eigenvalue weighted by atomic mass is 32.2. The molecule has 0 bridgehead atoms. The highest BCUT2D eigenvalue weighted by molar-refractivity contribution is 8.00. The molecule has 1 aromatic carbocycles. The molecule has 136 valence electrons. The summed E-state index contributed by atoms with van der Waals surface area (Å²) in [5.41, 5.74) is 3.48. The molecule has 1 heterocycles. The zero-order valence-electron chi connectivity index (χ0n) is 16.0. The lowest BCUT2D eigenvalue weighted by molar-refractivity contribution is 0.464. The largest absolute Gasteiger partial charge is 0.508 e. The molecule has 0 spiro atoms. The van der Waals surface area contributed by atoms with Gasteiger partial charge in [0.1, 0.15) is 5.75 Å². The van der Waals surface area contributed by atoms with E-state index in [-0.39, 0.29) is 5.41 Å². The van der Waals surface area contributed by atoms with Crippen LogP contribution in [0.4, 0.5) is 0 Å². The molecular weight excluding hydrogens is 348 g/mol. The summed E-state index contributed by atoms with van der Waals surface area (Å²) in [6.07, 6.45) is 3.89. The molecule has 1 aromatic heterocycles. The first-order valence-electron chi connectivity index (χ1n) is 8.62. The highest BCUT2D eigenvalue weighted by Gasteiger charge is 2.33. The molecule has 0 unspecified atom stereocenters. The van der Waals surface area contributed by atoms with Crippen LogP contribution in [0.2, 0.25) is 0 Å². The van der Waals surface area contributed by atoms with Crippen molar-refractivity contribution in [3.63, 3.8) is 0 Å². The van der Waals surface area contributed by atoms with E-state index in [1.54, 1.807) is 11.9 Å². The van der Waals surface area contributed by atoms with Crippen molar-refractivity contribution >= 4 is 29.6 Å². The minimum absolute atomic E-state index is 0.0159. The molecule has 0 radical (unpaired) electrons. The van der Waals surface area contributed by atoms with Crippen LogP contribution in [0.3, 0.4) is 0 Å². The number of hydrogen-bond donors (Lipinski definition) is 1. The van der Waals surface area contributed by atoms with Gasteiger partial charge in [-0.1, -0.05) is 26.0 Å². The first-order chi connectivity index (χ1) is 11.8. The average molecular weight is 377 g/mol. The van der Waals surface area contributed by atoms with Crippen molar-refractivity contribution in [2.24, 2.45) is 4.40 Å². The van der Waals surface area contributed by atoms with E-state index in [1.807, 2.05) is 49.7 Å². The van der Waals surface area contributed by atoms with Gasteiger partial charge in [0.25, 0.3) is 0 Å². The second-order valence-electron chi connectivity index (χ2n) is 6.65. The van der Waals surface area contributed by atoms with Crippen LogP contribution in [0.25, 0.3) is 0 Å². The van der Waals surface area contributed by atoms with Crippen LogP contribution < -0.4 is 0 Å². The second-order valence-corrected chi connectivity index (χ2v) is 8.76. The molecule has 3 nitrogen and oxygen atoms in total. The van der Waals surface area contributed by atoms with Gasteiger partial charge in [-0.25, -0.2) is 4.40 Å². The average Bonchev–Trinajstić information content (AvgIpc) is 2.93. The Balaban J connectivity index is 2.45. The third kappa shape index (κ3) is 4.21. The van der Waals surface area contributed by atoms with Crippen molar-refractivity contribution in [2.45, 2.75) is 50.2 Å². The molecule has 0 aliphatic carbocycles. The predicted molar refractivity (Wildman–Crippen MR) is 111 cm³/mol. The Bertz CT molecular complexity index is 746. The number of aryl methyl sites for hydroxylation is 2. The fraction of sp³-hybridized carbons (Fsp3) is 0.450. The first-order valence-corrected chi connectivity index (χ1v) is 10.2. The number of thiophene rings is 1. The maximum absolute atomic E-state index is 9.89. The molecule has 0 amide bonds. The van der Waals surface area contributed by atoms with Crippen molar-refractivity contribution in [3.8, 4) is 5.75 Å². The summed E-state index contributed by atoms with van der Waals surface area (Å²) in [7, 11) is 3.95. The third-order valence-electron chi connectivity index (χ3n) is 4.71. The van der Waals surface area contributed by atoms with E-state index in [4.69, 9.17) is 0 Å². The van der Waals surface area contributed by atoms with E-state index in [9.17, 15) is 5.11 Å². The maximum atomic E-state index is 9.89. The standard InChI is InChI=1S/C20H28N2OS2/c1-7-20(8-2,16-9-10-17(23)14(3)11-16)18-12-15(4)19(24-18)25-21-13-22(5)6/h9-13,23H,7-8H2,1-6H3/b21-13+. The van der Waals surface area contributed by atoms with Crippen molar-refractivity contribution in [2.75, 3.05) is 14.1 Å². The normalized spacial score (nSPS) is 12.1. The summed E-state index contributed by atoms with van der Waals surface area (Å²) in [5, 5.41) is 9.89. The minimum atomic E-state index is -0.0159. The lowest BCUT2D eigenvalue weighted by atomic mass is 9.74. The number of rotatable bonds is 7. The first kappa shape index (κ1) is 19.9. The molecule has 0 aliphatic rings. The van der Waals surface area contributed by atoms with Crippen LogP contribution in [0.1, 0.15) is 48.3 Å². The van der Waals surface area contributed by atoms with Crippen molar-refractivity contribution in [1.29, 1.82) is 0 Å². The Morgan fingerprint density at radius 3 is 2.40 bits per heavy atom. The van der Waals surface area contributed by atoms with Gasteiger partial charge in [-0.05, 0) is 55.5 Å². The second kappa shape index (κ2) is 8.28. The van der Waals surface area contributed by atoms with E-state index in [1.165, 1.54) is 20.2 Å². The van der Waals surface area contributed by atoms with Gasteiger partial charge < -0.3 is 10.0 Å². The van der Waals surface area contributed by atoms with Crippen LogP contribution in [-0.4, -0.2) is 30.4 Å². The number of aromatic hydroxyl groups is 1. The number of benzene rings is 1. The van der Waals surface area contributed by atoms with Crippen LogP contribution in [0.15, 0.2) is 32.9 Å². The van der Waals surface area contributed by atoms with Gasteiger partial charge in [-0.15, -0.1) is 11.3 Å². The van der Waals surface area contributed by atoms with E-state index in [2.05, 4.69) is 43.4 Å². The number of nitrogens with zero attached hydrogens (tertiary/aromatic N) is 2. The summed E-state index contributed by atoms with van der Waals surface area (Å²) in [4.78, 5) is 3.32. The number of phenolic OH excluding ortho intramolecular Hbond substituents is 1. The molecule has 5 heteroatoms. The Labute approximate surface area is 159 Å². The molecule has 0 fully saturated rings. The van der Waals surface area contributed by atoms with E-state index < -0.39 is 0 Å². The molecule has 0 saturated heterocycles. The number of phenols is 1. The van der Waals surface area contributed by atoms with Crippen LogP contribution in [0, 0.1) is 13.8 Å². The zero-order valence-corrected chi connectivity index (χ0v) is 17.6. The molecule has 1 N–H and O–H groups in total. The van der Waals surface area contributed by atoms with Gasteiger partial charge in [0, 0.05) is 36.3 Å². The zero-order chi connectivity index (χ0) is 18.6. The van der Waals surface area contributed by atoms with Crippen molar-refractivity contribution in [3.05, 3.63) is 45.8 Å². The lowest BCUT2D eigenvalue weighted by Crippen LogP contribution is -2.24. The lowest BCUT2D eigenvalue weighted by Gasteiger charge is -2.32. The smallest absolute Gasteiger partial charge is 0.118 e. The van der Waals surface area contributed by atoms with E-state index in [0.29, 0.717) is 5.75 Å². The summed E-state index contributed by atoms with van der Waals surface area (Å²) in [6.45, 7) is 8.62. The fourth-order valence-electron chi connectivity index (χ4n) is 3.06. The summed E-state index contributed by atoms with van der Waals surface area (Å²) in [6, 6.07) is 8.34. The SMILES string of the molecule is CCC(CC)(c1ccc(O)c(C)c1)c1cc(C)c(S/N=C/N(C)C)s1. The van der Waals surface area contributed by atoms with Crippen molar-refractivity contribution < 1.29 is 5.11 Å². The highest BCUT2D eigenvalue weighted by Crippen LogP contribution is 2.46. The molecule has 2 rings (SSSR count). The molecule has 25 heavy (non-hydrogen) atoms. The van der Waals surface area contributed by atoms with Crippen molar-refractivity contribution in [1.82, 2.24) is 4.90 Å². The van der Waals surface area contributed by atoms with E-state index >= 15 is 0 Å².